The van der Waals surface area contributed by atoms with Gasteiger partial charge in [-0.25, -0.2) is 0 Å². The first-order valence-electron chi connectivity index (χ1n) is 5.54. The molecule has 0 saturated carbocycles. The Morgan fingerprint density at radius 3 is 2.59 bits per heavy atom. The topological polar surface area (TPSA) is 46.5 Å². The molecule has 0 radical (unpaired) electrons. The van der Waals surface area contributed by atoms with Gasteiger partial charge >= 0.3 is 5.97 Å². The molecule has 0 aromatic heterocycles. The Labute approximate surface area is 117 Å². The van der Waals surface area contributed by atoms with E-state index in [1.165, 1.54) is 18.7 Å². The lowest BCUT2D eigenvalue weighted by atomic mass is 10.2. The highest BCUT2D eigenvalue weighted by molar-refractivity contribution is 8.47. The highest BCUT2D eigenvalue weighted by atomic mass is 32.2. The van der Waals surface area contributed by atoms with E-state index in [0.717, 1.165) is 22.1 Å². The lowest BCUT2D eigenvalue weighted by molar-refractivity contribution is -0.166. The van der Waals surface area contributed by atoms with Crippen LogP contribution < -0.4 is 0 Å². The van der Waals surface area contributed by atoms with Crippen molar-refractivity contribution in [1.29, 1.82) is 0 Å². The zero-order valence-corrected chi connectivity index (χ0v) is 13.1. The number of ether oxygens (including phenoxy) is 1. The molecule has 17 heavy (non-hydrogen) atoms. The van der Waals surface area contributed by atoms with Crippen LogP contribution >= 0.6 is 35.7 Å². The first-order valence-corrected chi connectivity index (χ1v) is 7.75. The van der Waals surface area contributed by atoms with E-state index in [1.54, 1.807) is 25.6 Å². The van der Waals surface area contributed by atoms with E-state index >= 15 is 0 Å². The van der Waals surface area contributed by atoms with E-state index in [1.807, 2.05) is 0 Å². The molecule has 0 saturated heterocycles. The van der Waals surface area contributed by atoms with Crippen LogP contribution in [-0.2, 0) is 9.53 Å². The van der Waals surface area contributed by atoms with Crippen molar-refractivity contribution in [3.05, 3.63) is 0 Å². The summed E-state index contributed by atoms with van der Waals surface area (Å²) in [5.41, 5.74) is 0. The third-order valence-corrected chi connectivity index (χ3v) is 4.60. The Morgan fingerprint density at radius 1 is 1.53 bits per heavy atom. The molecule has 0 amide bonds. The Balaban J connectivity index is 4.14. The van der Waals surface area contributed by atoms with Crippen molar-refractivity contribution in [2.24, 2.45) is 0 Å². The van der Waals surface area contributed by atoms with Crippen molar-refractivity contribution in [2.75, 3.05) is 5.75 Å². The molecule has 1 N–H and O–H groups in total. The second kappa shape index (κ2) is 8.34. The smallest absolute Gasteiger partial charge is 0.324 e. The summed E-state index contributed by atoms with van der Waals surface area (Å²) >= 11 is 8.10. The minimum Gasteiger partial charge on any atom is -0.435 e. The second-order valence-corrected chi connectivity index (χ2v) is 7.99. The van der Waals surface area contributed by atoms with Gasteiger partial charge in [0.2, 0.25) is 0 Å². The number of carbonyl (C=O) groups excluding carboxylic acids is 1. The molecule has 0 spiro atoms. The van der Waals surface area contributed by atoms with E-state index in [0.29, 0.717) is 0 Å². The van der Waals surface area contributed by atoms with Crippen LogP contribution in [0.25, 0.3) is 0 Å². The number of unbranched alkanes of at least 4 members (excludes halogenated alkanes) is 1. The predicted octanol–water partition coefficient (Wildman–Crippen LogP) is 3.20. The second-order valence-electron chi connectivity index (χ2n) is 4.07. The van der Waals surface area contributed by atoms with Crippen molar-refractivity contribution in [3.8, 4) is 0 Å². The normalized spacial score (nSPS) is 13.2. The maximum Gasteiger partial charge on any atom is 0.324 e. The summed E-state index contributed by atoms with van der Waals surface area (Å²) in [7, 11) is 0. The molecule has 6 heteroatoms. The van der Waals surface area contributed by atoms with Gasteiger partial charge in [0, 0.05) is 0 Å². The van der Waals surface area contributed by atoms with Gasteiger partial charge in [0.15, 0.2) is 6.29 Å². The van der Waals surface area contributed by atoms with E-state index in [-0.39, 0.29) is 0 Å². The van der Waals surface area contributed by atoms with E-state index < -0.39 is 17.0 Å². The molecule has 100 valence electrons. The van der Waals surface area contributed by atoms with Gasteiger partial charge in [-0.1, -0.05) is 37.3 Å². The number of rotatable bonds is 6. The Bertz CT molecular complexity index is 265. The van der Waals surface area contributed by atoms with Crippen LogP contribution in [0.15, 0.2) is 0 Å². The van der Waals surface area contributed by atoms with Gasteiger partial charge in [-0.2, -0.15) is 0 Å². The van der Waals surface area contributed by atoms with Crippen LogP contribution in [0.2, 0.25) is 0 Å². The van der Waals surface area contributed by atoms with Gasteiger partial charge in [0.05, 0.1) is 0 Å². The maximum atomic E-state index is 11.7. The van der Waals surface area contributed by atoms with Crippen molar-refractivity contribution in [2.45, 2.75) is 51.6 Å². The monoisotopic (exact) mass is 296 g/mol. The van der Waals surface area contributed by atoms with Gasteiger partial charge in [0.25, 0.3) is 0 Å². The summed E-state index contributed by atoms with van der Waals surface area (Å²) in [6.45, 7) is 7.03. The number of aliphatic hydroxyl groups is 1. The number of carbonyl (C=O) groups is 1. The Morgan fingerprint density at radius 2 is 2.12 bits per heavy atom. The Kier molecular flexibility index (Phi) is 8.45. The molecule has 0 aromatic carbocycles. The number of hydrogen-bond donors (Lipinski definition) is 1. The zero-order chi connectivity index (χ0) is 13.5. The molecular weight excluding hydrogens is 276 g/mol. The van der Waals surface area contributed by atoms with E-state index in [4.69, 9.17) is 22.1 Å². The molecule has 0 rings (SSSR count). The SMILES string of the molecule is CCCCSC(=S)SC(C)(C)C(=O)OC(C)O. The Hall–Kier alpha value is 0.220. The molecule has 0 aliphatic rings. The van der Waals surface area contributed by atoms with Crippen LogP contribution in [0.5, 0.6) is 0 Å². The highest BCUT2D eigenvalue weighted by Gasteiger charge is 2.32. The van der Waals surface area contributed by atoms with E-state index in [2.05, 4.69) is 6.92 Å². The minimum atomic E-state index is -1.08. The summed E-state index contributed by atoms with van der Waals surface area (Å²) in [5.74, 6) is 0.528. The first kappa shape index (κ1) is 17.2. The first-order chi connectivity index (χ1) is 7.79. The number of aliphatic hydroxyl groups excluding tert-OH is 1. The van der Waals surface area contributed by atoms with E-state index in [9.17, 15) is 4.79 Å². The third kappa shape index (κ3) is 8.02. The molecule has 0 bridgehead atoms. The van der Waals surface area contributed by atoms with Crippen LogP contribution in [0.1, 0.15) is 40.5 Å². The van der Waals surface area contributed by atoms with Gasteiger partial charge in [0.1, 0.15) is 8.28 Å². The summed E-state index contributed by atoms with van der Waals surface area (Å²) in [4.78, 5) is 11.7. The van der Waals surface area contributed by atoms with Gasteiger partial charge in [-0.05, 0) is 32.9 Å². The molecule has 0 heterocycles. The third-order valence-electron chi connectivity index (χ3n) is 1.83. The largest absolute Gasteiger partial charge is 0.435 e. The lowest BCUT2D eigenvalue weighted by Crippen LogP contribution is -2.33. The average molecular weight is 296 g/mol. The van der Waals surface area contributed by atoms with Crippen molar-refractivity contribution >= 4 is 45.2 Å². The van der Waals surface area contributed by atoms with Crippen LogP contribution in [0, 0.1) is 0 Å². The number of hydrogen-bond acceptors (Lipinski definition) is 6. The maximum absolute atomic E-state index is 11.7. The summed E-state index contributed by atoms with van der Waals surface area (Å²) in [6.07, 6.45) is 1.17. The fraction of sp³-hybridized carbons (Fsp3) is 0.818. The molecule has 0 aliphatic heterocycles. The number of esters is 1. The molecule has 0 fully saturated rings. The number of thioether (sulfide) groups is 2. The lowest BCUT2D eigenvalue weighted by Gasteiger charge is -2.22. The van der Waals surface area contributed by atoms with Gasteiger partial charge < -0.3 is 9.84 Å². The van der Waals surface area contributed by atoms with Gasteiger partial charge in [-0.15, -0.1) is 11.8 Å². The van der Waals surface area contributed by atoms with Crippen LogP contribution in [0.3, 0.4) is 0 Å². The summed E-state index contributed by atoms with van der Waals surface area (Å²) < 4.78 is 4.75. The zero-order valence-electron chi connectivity index (χ0n) is 10.7. The number of thiocarbonyl (C=S) groups is 1. The quantitative estimate of drug-likeness (QED) is 0.351. The van der Waals surface area contributed by atoms with Crippen molar-refractivity contribution in [3.63, 3.8) is 0 Å². The van der Waals surface area contributed by atoms with Crippen LogP contribution in [0.4, 0.5) is 0 Å². The predicted molar refractivity (Wildman–Crippen MR) is 79.4 cm³/mol. The van der Waals surface area contributed by atoms with Crippen LogP contribution in [-0.4, -0.2) is 31.4 Å². The highest BCUT2D eigenvalue weighted by Crippen LogP contribution is 2.32. The summed E-state index contributed by atoms with van der Waals surface area (Å²) in [6, 6.07) is 0. The standard InChI is InChI=1S/C11H20O3S3/c1-5-6-7-16-10(15)17-11(3,4)9(13)14-8(2)12/h8,12H,5-7H2,1-4H3. The summed E-state index contributed by atoms with van der Waals surface area (Å²) in [5, 5.41) is 9.00. The molecule has 0 aromatic rings. The average Bonchev–Trinajstić information content (AvgIpc) is 2.16. The van der Waals surface area contributed by atoms with Crippen molar-refractivity contribution < 1.29 is 14.6 Å². The molecule has 1 unspecified atom stereocenters. The fourth-order valence-corrected chi connectivity index (χ4v) is 4.01. The fourth-order valence-electron chi connectivity index (χ4n) is 0.876. The van der Waals surface area contributed by atoms with Gasteiger partial charge in [-0.3, -0.25) is 4.79 Å². The molecule has 1 atom stereocenters. The molecule has 0 aliphatic carbocycles. The minimum absolute atomic E-state index is 0.448. The molecule has 3 nitrogen and oxygen atoms in total. The van der Waals surface area contributed by atoms with Crippen molar-refractivity contribution in [1.82, 2.24) is 0 Å². The molecular formula is C11H20O3S3.